The molecule has 3 amide bonds. The summed E-state index contributed by atoms with van der Waals surface area (Å²) in [5, 5.41) is 9.00. The fraction of sp³-hybridized carbons (Fsp3) is 0.480. The quantitative estimate of drug-likeness (QED) is 0.421. The summed E-state index contributed by atoms with van der Waals surface area (Å²) in [5.74, 6) is -0.112. The number of nitrogens with one attached hydrogen (secondary N) is 3. The summed E-state index contributed by atoms with van der Waals surface area (Å²) >= 11 is 3.53. The molecule has 4 rings (SSSR count). The number of primary amides is 1. The maximum atomic E-state index is 12.4. The van der Waals surface area contributed by atoms with Gasteiger partial charge in [0, 0.05) is 35.5 Å². The lowest BCUT2D eigenvalue weighted by molar-refractivity contribution is -0.119. The van der Waals surface area contributed by atoms with E-state index in [4.69, 9.17) is 10.5 Å². The number of nitrogens with two attached hydrogens (primary N) is 1. The standard InChI is InChI=1S/C25H32BrN7O4/c1-24(2,3)37-23(36)30-13-7-6-8-33(12-13)22-28-11-15(19(27)34)20(32-22)29-14-9-16-18(17(26)10-14)31-21(35)25(16,4)5/h9-11,13H,6-8,12H2,1-5H3,(H2,27,34)(H,30,36)(H,31,35)(H,28,29,32)/t13-/m0/s1. The predicted molar refractivity (Wildman–Crippen MR) is 144 cm³/mol. The van der Waals surface area contributed by atoms with Crippen molar-refractivity contribution >= 4 is 57.0 Å². The maximum absolute atomic E-state index is 12.4. The third-order valence-electron chi connectivity index (χ3n) is 6.30. The molecule has 37 heavy (non-hydrogen) atoms. The zero-order valence-electron chi connectivity index (χ0n) is 21.6. The summed E-state index contributed by atoms with van der Waals surface area (Å²) in [7, 11) is 0. The van der Waals surface area contributed by atoms with Crippen LogP contribution < -0.4 is 26.6 Å². The number of carbonyl (C=O) groups excluding carboxylic acids is 3. The molecule has 1 aromatic heterocycles. The van der Waals surface area contributed by atoms with Crippen LogP contribution in [-0.4, -0.2) is 52.6 Å². The zero-order valence-corrected chi connectivity index (χ0v) is 23.2. The average molecular weight is 574 g/mol. The van der Waals surface area contributed by atoms with Gasteiger partial charge in [-0.1, -0.05) is 0 Å². The Bertz CT molecular complexity index is 1260. The van der Waals surface area contributed by atoms with Crippen LogP contribution in [0, 0.1) is 0 Å². The van der Waals surface area contributed by atoms with E-state index < -0.39 is 23.0 Å². The number of nitrogens with zero attached hydrogens (tertiary/aromatic N) is 3. The number of benzene rings is 1. The molecule has 2 aliphatic heterocycles. The number of aromatic nitrogens is 2. The van der Waals surface area contributed by atoms with Gasteiger partial charge in [0.1, 0.15) is 17.0 Å². The van der Waals surface area contributed by atoms with Gasteiger partial charge in [0.15, 0.2) is 0 Å². The van der Waals surface area contributed by atoms with Gasteiger partial charge >= 0.3 is 6.09 Å². The highest BCUT2D eigenvalue weighted by atomic mass is 79.9. The summed E-state index contributed by atoms with van der Waals surface area (Å²) in [6.45, 7) is 10.3. The highest BCUT2D eigenvalue weighted by Crippen LogP contribution is 2.43. The number of anilines is 4. The predicted octanol–water partition coefficient (Wildman–Crippen LogP) is 3.80. The van der Waals surface area contributed by atoms with Crippen molar-refractivity contribution in [1.82, 2.24) is 15.3 Å². The second kappa shape index (κ2) is 9.81. The van der Waals surface area contributed by atoms with Crippen LogP contribution >= 0.6 is 15.9 Å². The number of rotatable bonds is 5. The molecule has 2 aromatic rings. The smallest absolute Gasteiger partial charge is 0.407 e. The number of hydrogen-bond acceptors (Lipinski definition) is 8. The van der Waals surface area contributed by atoms with Gasteiger partial charge in [-0.2, -0.15) is 4.98 Å². The molecule has 1 saturated heterocycles. The highest BCUT2D eigenvalue weighted by molar-refractivity contribution is 9.10. The molecule has 5 N–H and O–H groups in total. The Kier molecular flexibility index (Phi) is 7.06. The Hall–Kier alpha value is -3.41. The summed E-state index contributed by atoms with van der Waals surface area (Å²) in [6, 6.07) is 3.51. The highest BCUT2D eigenvalue weighted by Gasteiger charge is 2.39. The topological polar surface area (TPSA) is 152 Å². The zero-order chi connectivity index (χ0) is 27.1. The van der Waals surface area contributed by atoms with E-state index in [0.717, 1.165) is 24.1 Å². The maximum Gasteiger partial charge on any atom is 0.407 e. The molecule has 198 valence electrons. The number of carbonyl (C=O) groups is 3. The van der Waals surface area contributed by atoms with Crippen molar-refractivity contribution in [1.29, 1.82) is 0 Å². The summed E-state index contributed by atoms with van der Waals surface area (Å²) in [6.07, 6.45) is 2.55. The lowest BCUT2D eigenvalue weighted by Gasteiger charge is -2.33. The molecule has 1 fully saturated rings. The molecular weight excluding hydrogens is 542 g/mol. The number of halogens is 1. The van der Waals surface area contributed by atoms with E-state index in [2.05, 4.69) is 41.8 Å². The third-order valence-corrected chi connectivity index (χ3v) is 6.92. The number of piperidine rings is 1. The van der Waals surface area contributed by atoms with E-state index in [9.17, 15) is 14.4 Å². The average Bonchev–Trinajstić information content (AvgIpc) is 3.01. The van der Waals surface area contributed by atoms with Crippen LogP contribution in [0.2, 0.25) is 0 Å². The van der Waals surface area contributed by atoms with Crippen molar-refractivity contribution in [2.45, 2.75) is 64.5 Å². The summed E-state index contributed by atoms with van der Waals surface area (Å²) in [4.78, 5) is 47.8. The number of amides is 3. The first kappa shape index (κ1) is 26.6. The number of fused-ring (bicyclic) bond motifs is 1. The van der Waals surface area contributed by atoms with Gasteiger partial charge in [-0.15, -0.1) is 0 Å². The molecule has 0 saturated carbocycles. The molecular formula is C25H32BrN7O4. The molecule has 12 heteroatoms. The van der Waals surface area contributed by atoms with Gasteiger partial charge in [0.05, 0.1) is 11.1 Å². The van der Waals surface area contributed by atoms with Crippen LogP contribution in [0.4, 0.5) is 27.9 Å². The number of ether oxygens (including phenoxy) is 1. The monoisotopic (exact) mass is 573 g/mol. The van der Waals surface area contributed by atoms with Gasteiger partial charge in [-0.05, 0) is 81.1 Å². The fourth-order valence-corrected chi connectivity index (χ4v) is 4.94. The van der Waals surface area contributed by atoms with Gasteiger partial charge in [-0.3, -0.25) is 9.59 Å². The molecule has 11 nitrogen and oxygen atoms in total. The van der Waals surface area contributed by atoms with E-state index in [0.29, 0.717) is 29.2 Å². The van der Waals surface area contributed by atoms with Gasteiger partial charge in [0.25, 0.3) is 5.91 Å². The van der Waals surface area contributed by atoms with Crippen LogP contribution in [0.25, 0.3) is 0 Å². The molecule has 0 aliphatic carbocycles. The lowest BCUT2D eigenvalue weighted by atomic mass is 9.86. The molecule has 2 aliphatic rings. The van der Waals surface area contributed by atoms with Crippen molar-refractivity contribution in [3.05, 3.63) is 33.9 Å². The fourth-order valence-electron chi connectivity index (χ4n) is 4.38. The Labute approximate surface area is 224 Å². The molecule has 0 bridgehead atoms. The first-order valence-electron chi connectivity index (χ1n) is 12.1. The van der Waals surface area contributed by atoms with Gasteiger partial charge in [-0.25, -0.2) is 9.78 Å². The Morgan fingerprint density at radius 2 is 2.03 bits per heavy atom. The van der Waals surface area contributed by atoms with E-state index in [1.807, 2.05) is 45.6 Å². The first-order valence-corrected chi connectivity index (χ1v) is 12.9. The summed E-state index contributed by atoms with van der Waals surface area (Å²) in [5.41, 5.74) is 6.60. The van der Waals surface area contributed by atoms with Crippen LogP contribution in [0.15, 0.2) is 22.8 Å². The number of hydrogen-bond donors (Lipinski definition) is 4. The van der Waals surface area contributed by atoms with Crippen LogP contribution in [0.3, 0.4) is 0 Å². The molecule has 0 radical (unpaired) electrons. The van der Waals surface area contributed by atoms with Crippen LogP contribution in [-0.2, 0) is 14.9 Å². The Balaban J connectivity index is 1.58. The largest absolute Gasteiger partial charge is 0.444 e. The SMILES string of the molecule is CC(C)(C)OC(=O)N[C@H]1CCCN(c2ncc(C(N)=O)c(Nc3cc(Br)c4c(c3)C(C)(C)C(=O)N4)n2)C1. The molecule has 0 spiro atoms. The molecule has 1 aromatic carbocycles. The van der Waals surface area contributed by atoms with Gasteiger partial charge < -0.3 is 31.3 Å². The molecule has 0 unspecified atom stereocenters. The second-order valence-electron chi connectivity index (χ2n) is 10.8. The van der Waals surface area contributed by atoms with Crippen LogP contribution in [0.5, 0.6) is 0 Å². The van der Waals surface area contributed by atoms with Crippen molar-refractivity contribution in [2.24, 2.45) is 5.73 Å². The van der Waals surface area contributed by atoms with E-state index in [1.165, 1.54) is 6.20 Å². The Morgan fingerprint density at radius 1 is 1.30 bits per heavy atom. The minimum atomic E-state index is -0.719. The van der Waals surface area contributed by atoms with Crippen molar-refractivity contribution < 1.29 is 19.1 Å². The van der Waals surface area contributed by atoms with Crippen LogP contribution in [0.1, 0.15) is 63.4 Å². The molecule has 1 atom stereocenters. The van der Waals surface area contributed by atoms with Crippen molar-refractivity contribution in [3.8, 4) is 0 Å². The van der Waals surface area contributed by atoms with Crippen molar-refractivity contribution in [3.63, 3.8) is 0 Å². The van der Waals surface area contributed by atoms with E-state index in [-0.39, 0.29) is 23.3 Å². The second-order valence-corrected chi connectivity index (χ2v) is 11.7. The van der Waals surface area contributed by atoms with E-state index in [1.54, 1.807) is 6.07 Å². The first-order chi connectivity index (χ1) is 17.2. The molecule has 3 heterocycles. The van der Waals surface area contributed by atoms with E-state index >= 15 is 0 Å². The minimum Gasteiger partial charge on any atom is -0.444 e. The normalized spacial score (nSPS) is 18.6. The van der Waals surface area contributed by atoms with Gasteiger partial charge in [0.2, 0.25) is 11.9 Å². The Morgan fingerprint density at radius 3 is 2.70 bits per heavy atom. The number of alkyl carbamates (subject to hydrolysis) is 1. The minimum absolute atomic E-state index is 0.0952. The third kappa shape index (κ3) is 5.79. The van der Waals surface area contributed by atoms with Crippen molar-refractivity contribution in [2.75, 3.05) is 28.6 Å². The lowest BCUT2D eigenvalue weighted by Crippen LogP contribution is -2.49. The summed E-state index contributed by atoms with van der Waals surface area (Å²) < 4.78 is 6.08.